The largest absolute Gasteiger partial charge is 0.463 e. The molecule has 6 nitrogen and oxygen atoms in total. The highest BCUT2D eigenvalue weighted by molar-refractivity contribution is 6.26. The van der Waals surface area contributed by atoms with Crippen molar-refractivity contribution in [3.63, 3.8) is 0 Å². The van der Waals surface area contributed by atoms with E-state index in [1.807, 2.05) is 63.3 Å². The smallest absolute Gasteiger partial charge is 0.306 e. The Morgan fingerprint density at radius 1 is 1.07 bits per heavy atom. The lowest BCUT2D eigenvalue weighted by Gasteiger charge is -2.41. The van der Waals surface area contributed by atoms with Crippen LogP contribution in [0, 0.1) is 23.2 Å². The quantitative estimate of drug-likeness (QED) is 0.0448. The molecule has 0 bridgehead atoms. The molecule has 1 aromatic carbocycles. The van der Waals surface area contributed by atoms with Gasteiger partial charge < -0.3 is 18.3 Å². The number of benzene rings is 1. The van der Waals surface area contributed by atoms with Gasteiger partial charge in [0, 0.05) is 24.2 Å². The van der Waals surface area contributed by atoms with Gasteiger partial charge in [-0.05, 0) is 63.0 Å². The molecule has 0 heterocycles. The Hall–Kier alpha value is -2.25. The standard InChI is InChI=1S/C36H56F2O6Si2/c1-8-9-23-36(37,38)32(41-25-27-17-13-12-14-18-27)22-21-28-29(19-15-10-11-16-20-33(40)42-26(2)3)31(39)24-30(28)35(4,5)34(43-45-6)44-46-7/h9-10,12-15,17-18,21-23,26,28-30,32,34H,8,11,16,19-20,24-25,45-46H2,1-7H3/b15-10?,22-21+,23-9+/t28-,29+,30+,32?/m0/s1. The van der Waals surface area contributed by atoms with Crippen LogP contribution in [0.4, 0.5) is 8.78 Å². The van der Waals surface area contributed by atoms with Crippen LogP contribution in [0.3, 0.4) is 0 Å². The number of ketones is 1. The summed E-state index contributed by atoms with van der Waals surface area (Å²) in [6, 6.07) is 9.27. The van der Waals surface area contributed by atoms with Gasteiger partial charge in [0.05, 0.1) is 12.7 Å². The highest BCUT2D eigenvalue weighted by Gasteiger charge is 2.50. The number of carbonyl (C=O) groups excluding carboxylic acids is 2. The fourth-order valence-electron chi connectivity index (χ4n) is 5.97. The van der Waals surface area contributed by atoms with Crippen molar-refractivity contribution in [3.05, 3.63) is 72.4 Å². The summed E-state index contributed by atoms with van der Waals surface area (Å²) in [5.41, 5.74) is 0.285. The third kappa shape index (κ3) is 12.7. The summed E-state index contributed by atoms with van der Waals surface area (Å²) in [6.45, 7) is 13.7. The van der Waals surface area contributed by atoms with Crippen LogP contribution in [0.15, 0.2) is 66.8 Å². The van der Waals surface area contributed by atoms with Crippen LogP contribution < -0.4 is 0 Å². The molecule has 1 aromatic rings. The molecular formula is C36H56F2O6Si2. The lowest BCUT2D eigenvalue weighted by atomic mass is 9.70. The molecule has 0 aliphatic heterocycles. The molecule has 1 fully saturated rings. The number of unbranched alkanes of at least 4 members (excludes halogenated alkanes) is 1. The fourth-order valence-corrected chi connectivity index (χ4v) is 7.82. The fraction of sp³-hybridized carbons (Fsp3) is 0.611. The molecule has 258 valence electrons. The van der Waals surface area contributed by atoms with Crippen molar-refractivity contribution in [1.82, 2.24) is 0 Å². The zero-order valence-corrected chi connectivity index (χ0v) is 31.7. The maximum Gasteiger partial charge on any atom is 0.306 e. The molecule has 0 N–H and O–H groups in total. The van der Waals surface area contributed by atoms with Crippen molar-refractivity contribution < 1.29 is 36.7 Å². The number of hydrogen-bond acceptors (Lipinski definition) is 6. The zero-order chi connectivity index (χ0) is 34.2. The van der Waals surface area contributed by atoms with Crippen LogP contribution >= 0.6 is 0 Å². The second-order valence-corrected chi connectivity index (χ2v) is 14.6. The Balaban J connectivity index is 2.37. The Labute approximate surface area is 280 Å². The van der Waals surface area contributed by atoms with Gasteiger partial charge in [-0.3, -0.25) is 9.59 Å². The predicted molar refractivity (Wildman–Crippen MR) is 186 cm³/mol. The second kappa shape index (κ2) is 20.2. The van der Waals surface area contributed by atoms with Gasteiger partial charge in [0.15, 0.2) is 19.5 Å². The van der Waals surface area contributed by atoms with E-state index in [9.17, 15) is 9.59 Å². The van der Waals surface area contributed by atoms with Crippen LogP contribution in [0.5, 0.6) is 0 Å². The average molecular weight is 679 g/mol. The zero-order valence-electron chi connectivity index (χ0n) is 28.9. The van der Waals surface area contributed by atoms with Crippen molar-refractivity contribution in [2.24, 2.45) is 23.2 Å². The molecule has 10 heteroatoms. The maximum atomic E-state index is 15.5. The first-order chi connectivity index (χ1) is 21.9. The molecular weight excluding hydrogens is 623 g/mol. The highest BCUT2D eigenvalue weighted by atomic mass is 28.2. The minimum absolute atomic E-state index is 0.0345. The summed E-state index contributed by atoms with van der Waals surface area (Å²) in [5, 5.41) is 0. The molecule has 1 saturated carbocycles. The molecule has 0 amide bonds. The Kier molecular flexibility index (Phi) is 17.5. The second-order valence-electron chi connectivity index (χ2n) is 12.7. The third-order valence-electron chi connectivity index (χ3n) is 8.37. The van der Waals surface area contributed by atoms with Crippen LogP contribution in [-0.4, -0.2) is 55.7 Å². The SMILES string of the molecule is CC/C=C/C(F)(F)C(/C=C/[C@@H]1[C@H](C(C)(C)C(O[SiH2]C)O[SiH2]C)CC(=O)[C@@H]1CC=CCCCC(=O)OC(C)C)OCc1ccccc1. The Morgan fingerprint density at radius 2 is 1.74 bits per heavy atom. The van der Waals surface area contributed by atoms with E-state index in [1.165, 1.54) is 12.2 Å². The Bertz CT molecular complexity index is 1130. The van der Waals surface area contributed by atoms with Gasteiger partial charge >= 0.3 is 5.97 Å². The summed E-state index contributed by atoms with van der Waals surface area (Å²) in [7, 11) is -1.60. The molecule has 1 aliphatic carbocycles. The first-order valence-electron chi connectivity index (χ1n) is 16.9. The van der Waals surface area contributed by atoms with Gasteiger partial charge in [0.2, 0.25) is 0 Å². The van der Waals surface area contributed by atoms with Crippen molar-refractivity contribution >= 4 is 31.3 Å². The maximum absolute atomic E-state index is 15.5. The molecule has 2 rings (SSSR count). The average Bonchev–Trinajstić information content (AvgIpc) is 3.33. The van der Waals surface area contributed by atoms with E-state index in [2.05, 4.69) is 26.9 Å². The van der Waals surface area contributed by atoms with Crippen LogP contribution in [0.1, 0.15) is 78.7 Å². The van der Waals surface area contributed by atoms with Gasteiger partial charge in [-0.15, -0.1) is 0 Å². The topological polar surface area (TPSA) is 71.1 Å². The minimum atomic E-state index is -3.24. The lowest BCUT2D eigenvalue weighted by molar-refractivity contribution is -0.147. The van der Waals surface area contributed by atoms with Gasteiger partial charge in [0.1, 0.15) is 18.2 Å². The predicted octanol–water partition coefficient (Wildman–Crippen LogP) is 7.27. The van der Waals surface area contributed by atoms with Crippen LogP contribution in [-0.2, 0) is 34.5 Å². The molecule has 0 spiro atoms. The first kappa shape index (κ1) is 39.9. The van der Waals surface area contributed by atoms with Crippen LogP contribution in [0.25, 0.3) is 0 Å². The molecule has 1 aliphatic rings. The number of esters is 1. The van der Waals surface area contributed by atoms with E-state index in [1.54, 1.807) is 6.08 Å². The van der Waals surface area contributed by atoms with Crippen molar-refractivity contribution in [2.75, 3.05) is 0 Å². The van der Waals surface area contributed by atoms with Gasteiger partial charge in [-0.1, -0.05) is 94.6 Å². The minimum Gasteiger partial charge on any atom is -0.463 e. The number of alkyl halides is 2. The summed E-state index contributed by atoms with van der Waals surface area (Å²) < 4.78 is 54.5. The van der Waals surface area contributed by atoms with Crippen molar-refractivity contribution in [1.29, 1.82) is 0 Å². The van der Waals surface area contributed by atoms with E-state index in [0.29, 0.717) is 38.5 Å². The normalized spacial score (nSPS) is 21.3. The van der Waals surface area contributed by atoms with Gasteiger partial charge in [0.25, 0.3) is 5.92 Å². The van der Waals surface area contributed by atoms with E-state index in [0.717, 1.165) is 11.6 Å². The lowest BCUT2D eigenvalue weighted by Crippen LogP contribution is -2.43. The van der Waals surface area contributed by atoms with Crippen LogP contribution in [0.2, 0.25) is 13.1 Å². The van der Waals surface area contributed by atoms with E-state index >= 15 is 8.78 Å². The van der Waals surface area contributed by atoms with Gasteiger partial charge in [-0.25, -0.2) is 0 Å². The van der Waals surface area contributed by atoms with Gasteiger partial charge in [-0.2, -0.15) is 8.78 Å². The molecule has 0 saturated heterocycles. The number of halogens is 2. The number of ether oxygens (including phenoxy) is 2. The molecule has 1 unspecified atom stereocenters. The van der Waals surface area contributed by atoms with Crippen molar-refractivity contribution in [3.8, 4) is 0 Å². The summed E-state index contributed by atoms with van der Waals surface area (Å²) in [5.74, 6) is -4.20. The number of Topliss-reactive ketones (excluding diaryl/α,β-unsaturated/α-hetero) is 1. The molecule has 46 heavy (non-hydrogen) atoms. The third-order valence-corrected chi connectivity index (χ3v) is 9.65. The molecule has 4 atom stereocenters. The number of allylic oxidation sites excluding steroid dienone is 4. The number of rotatable bonds is 21. The molecule has 0 radical (unpaired) electrons. The van der Waals surface area contributed by atoms with Crippen molar-refractivity contribution in [2.45, 2.75) is 117 Å². The van der Waals surface area contributed by atoms with E-state index in [4.69, 9.17) is 18.3 Å². The van der Waals surface area contributed by atoms with E-state index in [-0.39, 0.29) is 42.2 Å². The number of hydrogen-bond donors (Lipinski definition) is 0. The molecule has 0 aromatic heterocycles. The monoisotopic (exact) mass is 678 g/mol. The first-order valence-corrected chi connectivity index (χ1v) is 20.8. The summed E-state index contributed by atoms with van der Waals surface area (Å²) in [6.07, 6.45) is 10.5. The number of carbonyl (C=O) groups is 2. The highest BCUT2D eigenvalue weighted by Crippen LogP contribution is 2.49. The van der Waals surface area contributed by atoms with E-state index < -0.39 is 43.3 Å². The summed E-state index contributed by atoms with van der Waals surface area (Å²) in [4.78, 5) is 25.5. The summed E-state index contributed by atoms with van der Waals surface area (Å²) >= 11 is 0. The Morgan fingerprint density at radius 3 is 2.35 bits per heavy atom.